The van der Waals surface area contributed by atoms with Gasteiger partial charge in [-0.25, -0.2) is 0 Å². The first kappa shape index (κ1) is 17.3. The van der Waals surface area contributed by atoms with Crippen molar-refractivity contribution in [3.8, 4) is 0 Å². The Morgan fingerprint density at radius 1 is 1.08 bits per heavy atom. The lowest BCUT2D eigenvalue weighted by Gasteiger charge is -2.39. The molecule has 2 bridgehead atoms. The highest BCUT2D eigenvalue weighted by Gasteiger charge is 2.50. The molecule has 0 aromatic heterocycles. The van der Waals surface area contributed by atoms with Gasteiger partial charge in [0.15, 0.2) is 0 Å². The van der Waals surface area contributed by atoms with Crippen LogP contribution in [0.2, 0.25) is 0 Å². The summed E-state index contributed by atoms with van der Waals surface area (Å²) in [5, 5.41) is 0. The first-order valence-corrected chi connectivity index (χ1v) is 9.44. The van der Waals surface area contributed by atoms with Gasteiger partial charge < -0.3 is 4.90 Å². The largest absolute Gasteiger partial charge is 0.339 e. The molecule has 1 saturated heterocycles. The van der Waals surface area contributed by atoms with Gasteiger partial charge in [0.25, 0.3) is 11.8 Å². The predicted octanol–water partition coefficient (Wildman–Crippen LogP) is 3.10. The fourth-order valence-corrected chi connectivity index (χ4v) is 5.54. The van der Waals surface area contributed by atoms with Gasteiger partial charge in [-0.3, -0.25) is 19.3 Å². The molecule has 2 heterocycles. The van der Waals surface area contributed by atoms with E-state index >= 15 is 0 Å². The summed E-state index contributed by atoms with van der Waals surface area (Å²) in [5.41, 5.74) is 1.33. The lowest BCUT2D eigenvalue weighted by atomic mass is 9.65. The van der Waals surface area contributed by atoms with Crippen LogP contribution in [0.25, 0.3) is 0 Å². The van der Waals surface area contributed by atoms with Gasteiger partial charge in [-0.2, -0.15) is 0 Å². The van der Waals surface area contributed by atoms with Gasteiger partial charge in [-0.15, -0.1) is 0 Å². The lowest BCUT2D eigenvalue weighted by molar-refractivity contribution is -0.132. The number of carbonyl (C=O) groups excluding carboxylic acids is 3. The molecule has 4 rings (SSSR count). The second-order valence-corrected chi connectivity index (χ2v) is 9.29. The molecule has 1 saturated carbocycles. The minimum Gasteiger partial charge on any atom is -0.339 e. The molecule has 138 valence electrons. The predicted molar refractivity (Wildman–Crippen MR) is 97.7 cm³/mol. The smallest absolute Gasteiger partial charge is 0.261 e. The molecule has 0 unspecified atom stereocenters. The standard InChI is InChI=1S/C21H26N2O3/c1-20(2)10-14-11-21(3,12-20)13-23(14)17(24)8-9-22-18(25)15-6-4-5-7-16(15)19(22)26/h4-7,14H,8-13H2,1-3H3/t14-,21+/m1/s1. The number of rotatable bonds is 3. The van der Waals surface area contributed by atoms with Crippen LogP contribution in [-0.4, -0.2) is 46.7 Å². The summed E-state index contributed by atoms with van der Waals surface area (Å²) < 4.78 is 0. The highest BCUT2D eigenvalue weighted by molar-refractivity contribution is 6.21. The molecule has 5 heteroatoms. The normalized spacial score (nSPS) is 29.3. The van der Waals surface area contributed by atoms with E-state index in [9.17, 15) is 14.4 Å². The summed E-state index contributed by atoms with van der Waals surface area (Å²) in [6.45, 7) is 7.79. The molecular formula is C21H26N2O3. The van der Waals surface area contributed by atoms with Crippen molar-refractivity contribution >= 4 is 17.7 Å². The second kappa shape index (κ2) is 5.66. The number of hydrogen-bond donors (Lipinski definition) is 0. The number of likely N-dealkylation sites (tertiary alicyclic amines) is 1. The monoisotopic (exact) mass is 354 g/mol. The number of hydrogen-bond acceptors (Lipinski definition) is 3. The van der Waals surface area contributed by atoms with Crippen molar-refractivity contribution in [3.63, 3.8) is 0 Å². The molecule has 3 amide bonds. The van der Waals surface area contributed by atoms with E-state index in [1.807, 2.05) is 4.90 Å². The third-order valence-corrected chi connectivity index (χ3v) is 6.16. The first-order valence-electron chi connectivity index (χ1n) is 9.44. The Morgan fingerprint density at radius 3 is 2.31 bits per heavy atom. The fourth-order valence-electron chi connectivity index (χ4n) is 5.54. The van der Waals surface area contributed by atoms with E-state index in [2.05, 4.69) is 20.8 Å². The summed E-state index contributed by atoms with van der Waals surface area (Å²) in [6, 6.07) is 7.14. The van der Waals surface area contributed by atoms with Gasteiger partial charge in [0, 0.05) is 25.6 Å². The van der Waals surface area contributed by atoms with Gasteiger partial charge in [0.1, 0.15) is 0 Å². The highest BCUT2D eigenvalue weighted by Crippen LogP contribution is 2.52. The minimum atomic E-state index is -0.286. The van der Waals surface area contributed by atoms with E-state index < -0.39 is 0 Å². The molecule has 1 aliphatic carbocycles. The van der Waals surface area contributed by atoms with Crippen LogP contribution >= 0.6 is 0 Å². The maximum Gasteiger partial charge on any atom is 0.261 e. The van der Waals surface area contributed by atoms with Crippen LogP contribution in [0, 0.1) is 10.8 Å². The summed E-state index contributed by atoms with van der Waals surface area (Å²) in [5.74, 6) is -0.508. The topological polar surface area (TPSA) is 57.7 Å². The zero-order valence-electron chi connectivity index (χ0n) is 15.7. The van der Waals surface area contributed by atoms with Crippen LogP contribution in [0.15, 0.2) is 24.3 Å². The zero-order valence-corrected chi connectivity index (χ0v) is 15.7. The summed E-state index contributed by atoms with van der Waals surface area (Å²) in [4.78, 5) is 41.0. The average molecular weight is 354 g/mol. The summed E-state index contributed by atoms with van der Waals surface area (Å²) in [6.07, 6.45) is 3.44. The van der Waals surface area contributed by atoms with Gasteiger partial charge in [0.05, 0.1) is 11.1 Å². The fraction of sp³-hybridized carbons (Fsp3) is 0.571. The van der Waals surface area contributed by atoms with E-state index in [0.717, 1.165) is 25.8 Å². The van der Waals surface area contributed by atoms with Gasteiger partial charge in [0.2, 0.25) is 5.91 Å². The van der Waals surface area contributed by atoms with E-state index in [-0.39, 0.29) is 41.5 Å². The minimum absolute atomic E-state index is 0.0629. The molecule has 26 heavy (non-hydrogen) atoms. The molecule has 2 fully saturated rings. The quantitative estimate of drug-likeness (QED) is 0.784. The Morgan fingerprint density at radius 2 is 1.69 bits per heavy atom. The van der Waals surface area contributed by atoms with Gasteiger partial charge in [-0.05, 0) is 42.2 Å². The van der Waals surface area contributed by atoms with Crippen LogP contribution in [-0.2, 0) is 4.79 Å². The van der Waals surface area contributed by atoms with Gasteiger partial charge >= 0.3 is 0 Å². The molecule has 2 aliphatic heterocycles. The number of fused-ring (bicyclic) bond motifs is 3. The Kier molecular flexibility index (Phi) is 3.76. The van der Waals surface area contributed by atoms with Gasteiger partial charge in [-0.1, -0.05) is 32.9 Å². The summed E-state index contributed by atoms with van der Waals surface area (Å²) in [7, 11) is 0. The number of imide groups is 1. The van der Waals surface area contributed by atoms with Crippen molar-refractivity contribution in [2.24, 2.45) is 10.8 Å². The van der Waals surface area contributed by atoms with Crippen molar-refractivity contribution in [1.29, 1.82) is 0 Å². The van der Waals surface area contributed by atoms with Crippen LogP contribution in [0.1, 0.15) is 67.2 Å². The maximum atomic E-state index is 12.9. The van der Waals surface area contributed by atoms with Crippen molar-refractivity contribution in [2.45, 2.75) is 52.5 Å². The molecular weight excluding hydrogens is 328 g/mol. The molecule has 1 aromatic carbocycles. The molecule has 3 aliphatic rings. The van der Waals surface area contributed by atoms with E-state index in [1.54, 1.807) is 24.3 Å². The molecule has 0 N–H and O–H groups in total. The number of benzene rings is 1. The Balaban J connectivity index is 1.43. The lowest BCUT2D eigenvalue weighted by Crippen LogP contribution is -2.40. The van der Waals surface area contributed by atoms with Crippen LogP contribution < -0.4 is 0 Å². The molecule has 0 spiro atoms. The summed E-state index contributed by atoms with van der Waals surface area (Å²) >= 11 is 0. The van der Waals surface area contributed by atoms with Crippen molar-refractivity contribution < 1.29 is 14.4 Å². The third-order valence-electron chi connectivity index (χ3n) is 6.16. The van der Waals surface area contributed by atoms with E-state index in [4.69, 9.17) is 0 Å². The number of amides is 3. The van der Waals surface area contributed by atoms with E-state index in [1.165, 1.54) is 4.90 Å². The molecule has 5 nitrogen and oxygen atoms in total. The zero-order chi connectivity index (χ0) is 18.7. The Bertz CT molecular complexity index is 765. The van der Waals surface area contributed by atoms with Crippen molar-refractivity contribution in [3.05, 3.63) is 35.4 Å². The third kappa shape index (κ3) is 2.74. The van der Waals surface area contributed by atoms with E-state index in [0.29, 0.717) is 17.2 Å². The van der Waals surface area contributed by atoms with Crippen molar-refractivity contribution in [2.75, 3.05) is 13.1 Å². The van der Waals surface area contributed by atoms with Crippen LogP contribution in [0.5, 0.6) is 0 Å². The number of carbonyl (C=O) groups is 3. The van der Waals surface area contributed by atoms with Crippen LogP contribution in [0.4, 0.5) is 0 Å². The van der Waals surface area contributed by atoms with Crippen LogP contribution in [0.3, 0.4) is 0 Å². The second-order valence-electron chi connectivity index (χ2n) is 9.29. The average Bonchev–Trinajstić information content (AvgIpc) is 2.96. The SMILES string of the molecule is CC1(C)C[C@@H]2C[C@](C)(CN2C(=O)CCN2C(=O)c3ccccc3C2=O)C1. The highest BCUT2D eigenvalue weighted by atomic mass is 16.2. The Labute approximate surface area is 154 Å². The Hall–Kier alpha value is -2.17. The van der Waals surface area contributed by atoms with Crippen molar-refractivity contribution in [1.82, 2.24) is 9.80 Å². The molecule has 2 atom stereocenters. The molecule has 1 aromatic rings. The number of nitrogens with zero attached hydrogens (tertiary/aromatic N) is 2. The first-order chi connectivity index (χ1) is 12.2. The maximum absolute atomic E-state index is 12.9. The molecule has 0 radical (unpaired) electrons.